The smallest absolute Gasteiger partial charge is 0.261 e. The van der Waals surface area contributed by atoms with Crippen molar-refractivity contribution >= 4 is 25.6 Å². The molecule has 0 spiro atoms. The fourth-order valence-electron chi connectivity index (χ4n) is 1.84. The van der Waals surface area contributed by atoms with Gasteiger partial charge in [-0.25, -0.2) is 8.42 Å². The third-order valence-corrected chi connectivity index (χ3v) is 4.21. The van der Waals surface area contributed by atoms with E-state index in [0.717, 1.165) is 6.42 Å². The van der Waals surface area contributed by atoms with Crippen molar-refractivity contribution < 1.29 is 17.9 Å². The first kappa shape index (κ1) is 16.8. The predicted octanol–water partition coefficient (Wildman–Crippen LogP) is 2.14. The SMILES string of the molecule is CCCNC(=O)COc1cc(C)c(S(=O)(=O)Cl)c(C)c1. The molecule has 0 bridgehead atoms. The molecule has 0 aromatic heterocycles. The van der Waals surface area contributed by atoms with Crippen LogP contribution >= 0.6 is 10.7 Å². The molecule has 0 unspecified atom stereocenters. The van der Waals surface area contributed by atoms with Gasteiger partial charge >= 0.3 is 0 Å². The van der Waals surface area contributed by atoms with Crippen LogP contribution in [-0.2, 0) is 13.8 Å². The molecule has 0 saturated heterocycles. The minimum atomic E-state index is -3.79. The summed E-state index contributed by atoms with van der Waals surface area (Å²) in [6, 6.07) is 3.10. The quantitative estimate of drug-likeness (QED) is 0.815. The number of ether oxygens (including phenoxy) is 1. The van der Waals surface area contributed by atoms with E-state index >= 15 is 0 Å². The van der Waals surface area contributed by atoms with Crippen LogP contribution in [0.15, 0.2) is 17.0 Å². The average molecular weight is 320 g/mol. The van der Waals surface area contributed by atoms with Gasteiger partial charge in [-0.3, -0.25) is 4.79 Å². The molecule has 5 nitrogen and oxygen atoms in total. The van der Waals surface area contributed by atoms with Crippen LogP contribution in [0.3, 0.4) is 0 Å². The Morgan fingerprint density at radius 3 is 2.30 bits per heavy atom. The summed E-state index contributed by atoms with van der Waals surface area (Å²) in [4.78, 5) is 11.5. The fraction of sp³-hybridized carbons (Fsp3) is 0.462. The highest BCUT2D eigenvalue weighted by atomic mass is 35.7. The molecule has 0 saturated carbocycles. The molecule has 1 aromatic rings. The van der Waals surface area contributed by atoms with Gasteiger partial charge in [0.2, 0.25) is 0 Å². The van der Waals surface area contributed by atoms with Gasteiger partial charge in [0.05, 0.1) is 4.90 Å². The van der Waals surface area contributed by atoms with Crippen molar-refractivity contribution in [3.05, 3.63) is 23.3 Å². The van der Waals surface area contributed by atoms with Gasteiger partial charge < -0.3 is 10.1 Å². The Morgan fingerprint density at radius 1 is 1.30 bits per heavy atom. The summed E-state index contributed by atoms with van der Waals surface area (Å²) >= 11 is 0. The number of rotatable bonds is 6. The minimum Gasteiger partial charge on any atom is -0.484 e. The highest BCUT2D eigenvalue weighted by Gasteiger charge is 2.18. The Kier molecular flexibility index (Phi) is 5.83. The van der Waals surface area contributed by atoms with Crippen LogP contribution in [-0.4, -0.2) is 27.5 Å². The summed E-state index contributed by atoms with van der Waals surface area (Å²) in [5, 5.41) is 2.69. The van der Waals surface area contributed by atoms with E-state index in [1.807, 2.05) is 6.92 Å². The summed E-state index contributed by atoms with van der Waals surface area (Å²) < 4.78 is 28.2. The van der Waals surface area contributed by atoms with Gasteiger partial charge in [0, 0.05) is 17.2 Å². The number of aryl methyl sites for hydroxylation is 2. The molecule has 20 heavy (non-hydrogen) atoms. The molecule has 1 aromatic carbocycles. The number of benzene rings is 1. The van der Waals surface area contributed by atoms with E-state index in [0.29, 0.717) is 23.4 Å². The molecule has 0 fully saturated rings. The zero-order valence-corrected chi connectivity index (χ0v) is 13.3. The topological polar surface area (TPSA) is 72.5 Å². The molecule has 0 aliphatic carbocycles. The molecule has 0 radical (unpaired) electrons. The zero-order valence-electron chi connectivity index (χ0n) is 11.7. The van der Waals surface area contributed by atoms with Crippen molar-refractivity contribution in [3.63, 3.8) is 0 Å². The Morgan fingerprint density at radius 2 is 1.85 bits per heavy atom. The normalized spacial score (nSPS) is 11.2. The molecule has 0 atom stereocenters. The molecule has 0 heterocycles. The molecule has 0 aliphatic heterocycles. The van der Waals surface area contributed by atoms with Crippen LogP contribution in [0, 0.1) is 13.8 Å². The van der Waals surface area contributed by atoms with E-state index in [9.17, 15) is 13.2 Å². The van der Waals surface area contributed by atoms with Gasteiger partial charge in [-0.05, 0) is 43.5 Å². The number of hydrogen-bond acceptors (Lipinski definition) is 4. The van der Waals surface area contributed by atoms with Gasteiger partial charge in [0.15, 0.2) is 6.61 Å². The van der Waals surface area contributed by atoms with Gasteiger partial charge in [-0.1, -0.05) is 6.92 Å². The highest BCUT2D eigenvalue weighted by Crippen LogP contribution is 2.28. The predicted molar refractivity (Wildman–Crippen MR) is 77.8 cm³/mol. The maximum absolute atomic E-state index is 11.4. The second kappa shape index (κ2) is 6.95. The van der Waals surface area contributed by atoms with Crippen molar-refractivity contribution in [1.82, 2.24) is 5.32 Å². The maximum atomic E-state index is 11.4. The monoisotopic (exact) mass is 319 g/mol. The van der Waals surface area contributed by atoms with Crippen molar-refractivity contribution in [2.24, 2.45) is 0 Å². The third-order valence-electron chi connectivity index (χ3n) is 2.62. The second-order valence-corrected chi connectivity index (χ2v) is 6.97. The van der Waals surface area contributed by atoms with Gasteiger partial charge in [0.1, 0.15) is 5.75 Å². The zero-order chi connectivity index (χ0) is 15.3. The first-order chi connectivity index (χ1) is 9.25. The number of halogens is 1. The van der Waals surface area contributed by atoms with Crippen LogP contribution in [0.4, 0.5) is 0 Å². The summed E-state index contributed by atoms with van der Waals surface area (Å²) in [6.07, 6.45) is 0.853. The highest BCUT2D eigenvalue weighted by molar-refractivity contribution is 8.13. The molecule has 112 valence electrons. The number of nitrogens with one attached hydrogen (secondary N) is 1. The second-order valence-electron chi connectivity index (χ2n) is 4.46. The molecule has 1 amide bonds. The Labute approximate surface area is 123 Å². The average Bonchev–Trinajstić information content (AvgIpc) is 2.31. The Bertz CT molecular complexity index is 575. The molecule has 1 rings (SSSR count). The van der Waals surface area contributed by atoms with Gasteiger partial charge in [-0.15, -0.1) is 0 Å². The molecular weight excluding hydrogens is 302 g/mol. The molecular formula is C13H18ClNO4S. The number of carbonyl (C=O) groups is 1. The van der Waals surface area contributed by atoms with E-state index in [1.165, 1.54) is 0 Å². The van der Waals surface area contributed by atoms with Crippen molar-refractivity contribution in [1.29, 1.82) is 0 Å². The van der Waals surface area contributed by atoms with Crippen molar-refractivity contribution in [2.75, 3.05) is 13.2 Å². The van der Waals surface area contributed by atoms with Crippen molar-refractivity contribution in [2.45, 2.75) is 32.1 Å². The lowest BCUT2D eigenvalue weighted by atomic mass is 10.1. The van der Waals surface area contributed by atoms with E-state index < -0.39 is 9.05 Å². The summed E-state index contributed by atoms with van der Waals surface area (Å²) in [5.74, 6) is 0.229. The summed E-state index contributed by atoms with van der Waals surface area (Å²) in [5.41, 5.74) is 0.980. The standard InChI is InChI=1S/C13H18ClNO4S/c1-4-5-15-12(16)8-19-11-6-9(2)13(10(3)7-11)20(14,17)18/h6-7H,4-5,8H2,1-3H3,(H,15,16). The lowest BCUT2D eigenvalue weighted by Gasteiger charge is -2.11. The van der Waals surface area contributed by atoms with Gasteiger partial charge in [0.25, 0.3) is 15.0 Å². The maximum Gasteiger partial charge on any atom is 0.261 e. The molecule has 0 aliphatic rings. The van der Waals surface area contributed by atoms with E-state index in [1.54, 1.807) is 26.0 Å². The van der Waals surface area contributed by atoms with Gasteiger partial charge in [-0.2, -0.15) is 0 Å². The first-order valence-corrected chi connectivity index (χ1v) is 8.52. The van der Waals surface area contributed by atoms with Crippen molar-refractivity contribution in [3.8, 4) is 5.75 Å². The van der Waals surface area contributed by atoms with E-state index in [4.69, 9.17) is 15.4 Å². The summed E-state index contributed by atoms with van der Waals surface area (Å²) in [7, 11) is 1.59. The molecule has 1 N–H and O–H groups in total. The molecule has 7 heteroatoms. The third kappa shape index (κ3) is 4.68. The fourth-order valence-corrected chi connectivity index (χ4v) is 3.46. The van der Waals surface area contributed by atoms with E-state index in [-0.39, 0.29) is 17.4 Å². The Balaban J connectivity index is 2.83. The lowest BCUT2D eigenvalue weighted by Crippen LogP contribution is -2.29. The number of carbonyl (C=O) groups excluding carboxylic acids is 1. The lowest BCUT2D eigenvalue weighted by molar-refractivity contribution is -0.123. The van der Waals surface area contributed by atoms with Crippen LogP contribution in [0.1, 0.15) is 24.5 Å². The largest absolute Gasteiger partial charge is 0.484 e. The number of amides is 1. The summed E-state index contributed by atoms with van der Waals surface area (Å²) in [6.45, 7) is 5.72. The van der Waals surface area contributed by atoms with Crippen LogP contribution in [0.25, 0.3) is 0 Å². The first-order valence-electron chi connectivity index (χ1n) is 6.21. The Hall–Kier alpha value is -1.27. The van der Waals surface area contributed by atoms with Crippen LogP contribution in [0.2, 0.25) is 0 Å². The van der Waals surface area contributed by atoms with E-state index in [2.05, 4.69) is 5.32 Å². The number of hydrogen-bond donors (Lipinski definition) is 1. The van der Waals surface area contributed by atoms with Crippen LogP contribution < -0.4 is 10.1 Å². The minimum absolute atomic E-state index is 0.0851. The van der Waals surface area contributed by atoms with Crippen LogP contribution in [0.5, 0.6) is 5.75 Å².